The molecule has 2 unspecified atom stereocenters. The summed E-state index contributed by atoms with van der Waals surface area (Å²) in [5.74, 6) is 0.909. The Hall–Kier alpha value is -1.51. The number of nitrogens with one attached hydrogen (secondary N) is 1. The number of benzene rings is 2. The van der Waals surface area contributed by atoms with Crippen molar-refractivity contribution in [2.24, 2.45) is 0 Å². The molecule has 0 aromatic heterocycles. The molecule has 21 heavy (non-hydrogen) atoms. The third-order valence-electron chi connectivity index (χ3n) is 3.54. The van der Waals surface area contributed by atoms with Gasteiger partial charge in [0.1, 0.15) is 5.75 Å². The Morgan fingerprint density at radius 2 is 1.57 bits per heavy atom. The second-order valence-electron chi connectivity index (χ2n) is 5.25. The first kappa shape index (κ1) is 17.5. The normalized spacial score (nSPS) is 13.1. The van der Waals surface area contributed by atoms with Crippen LogP contribution in [0.2, 0.25) is 0 Å². The molecule has 0 saturated heterocycles. The van der Waals surface area contributed by atoms with E-state index in [0.717, 1.165) is 12.2 Å². The van der Waals surface area contributed by atoms with E-state index in [4.69, 9.17) is 4.74 Å². The van der Waals surface area contributed by atoms with Crippen molar-refractivity contribution in [3.8, 4) is 5.75 Å². The molecular formula is C18H24ClNO. The molecule has 0 heterocycles. The van der Waals surface area contributed by atoms with Crippen molar-refractivity contribution in [2.75, 3.05) is 7.11 Å². The summed E-state index contributed by atoms with van der Waals surface area (Å²) >= 11 is 0. The molecule has 0 aliphatic heterocycles. The summed E-state index contributed by atoms with van der Waals surface area (Å²) in [5.41, 5.74) is 2.65. The van der Waals surface area contributed by atoms with Crippen LogP contribution in [0.25, 0.3) is 0 Å². The SMILES string of the molecule is COc1ccc(CC(C)NC(C)c2ccccc2)cc1.Cl. The lowest BCUT2D eigenvalue weighted by molar-refractivity contribution is 0.414. The van der Waals surface area contributed by atoms with E-state index in [2.05, 4.69) is 61.6 Å². The number of halogens is 1. The van der Waals surface area contributed by atoms with Crippen molar-refractivity contribution in [1.29, 1.82) is 0 Å². The molecule has 0 aliphatic rings. The van der Waals surface area contributed by atoms with E-state index in [1.54, 1.807) is 7.11 Å². The molecule has 0 spiro atoms. The van der Waals surface area contributed by atoms with Crippen LogP contribution >= 0.6 is 12.4 Å². The maximum atomic E-state index is 5.18. The molecule has 2 aromatic rings. The highest BCUT2D eigenvalue weighted by molar-refractivity contribution is 5.85. The van der Waals surface area contributed by atoms with Crippen LogP contribution in [-0.2, 0) is 6.42 Å². The Labute approximate surface area is 133 Å². The van der Waals surface area contributed by atoms with Crippen LogP contribution < -0.4 is 10.1 Å². The predicted octanol–water partition coefficient (Wildman–Crippen LogP) is 4.40. The number of hydrogen-bond acceptors (Lipinski definition) is 2. The van der Waals surface area contributed by atoms with Crippen molar-refractivity contribution < 1.29 is 4.74 Å². The molecule has 0 bridgehead atoms. The molecule has 2 nitrogen and oxygen atoms in total. The minimum absolute atomic E-state index is 0. The lowest BCUT2D eigenvalue weighted by Gasteiger charge is -2.20. The van der Waals surface area contributed by atoms with Gasteiger partial charge in [-0.15, -0.1) is 12.4 Å². The summed E-state index contributed by atoms with van der Waals surface area (Å²) in [5, 5.41) is 3.64. The van der Waals surface area contributed by atoms with Crippen LogP contribution in [0.15, 0.2) is 54.6 Å². The van der Waals surface area contributed by atoms with Crippen LogP contribution in [0, 0.1) is 0 Å². The average Bonchev–Trinajstić information content (AvgIpc) is 2.49. The molecule has 0 fully saturated rings. The molecule has 0 aliphatic carbocycles. The molecule has 2 rings (SSSR count). The lowest BCUT2D eigenvalue weighted by Crippen LogP contribution is -2.30. The van der Waals surface area contributed by atoms with E-state index in [1.165, 1.54) is 11.1 Å². The highest BCUT2D eigenvalue weighted by atomic mass is 35.5. The van der Waals surface area contributed by atoms with Crippen molar-refractivity contribution >= 4 is 12.4 Å². The Morgan fingerprint density at radius 3 is 2.14 bits per heavy atom. The first-order valence-electron chi connectivity index (χ1n) is 7.13. The molecule has 3 heteroatoms. The monoisotopic (exact) mass is 305 g/mol. The largest absolute Gasteiger partial charge is 0.497 e. The lowest BCUT2D eigenvalue weighted by atomic mass is 10.0. The van der Waals surface area contributed by atoms with Crippen LogP contribution in [-0.4, -0.2) is 13.2 Å². The standard InChI is InChI=1S/C18H23NO.ClH/c1-14(13-16-9-11-18(20-3)12-10-16)19-15(2)17-7-5-4-6-8-17;/h4-12,14-15,19H,13H2,1-3H3;1H. The van der Waals surface area contributed by atoms with Gasteiger partial charge >= 0.3 is 0 Å². The van der Waals surface area contributed by atoms with Gasteiger partial charge in [0.15, 0.2) is 0 Å². The first-order chi connectivity index (χ1) is 9.69. The molecule has 0 amide bonds. The van der Waals surface area contributed by atoms with Gasteiger partial charge in [0.05, 0.1) is 7.11 Å². The minimum Gasteiger partial charge on any atom is -0.497 e. The van der Waals surface area contributed by atoms with Gasteiger partial charge in [-0.05, 0) is 43.5 Å². The maximum Gasteiger partial charge on any atom is 0.118 e. The summed E-state index contributed by atoms with van der Waals surface area (Å²) in [6, 6.07) is 19.6. The van der Waals surface area contributed by atoms with Crippen molar-refractivity contribution in [3.63, 3.8) is 0 Å². The molecule has 1 N–H and O–H groups in total. The van der Waals surface area contributed by atoms with Crippen molar-refractivity contribution in [3.05, 3.63) is 65.7 Å². The van der Waals surface area contributed by atoms with E-state index < -0.39 is 0 Å². The quantitative estimate of drug-likeness (QED) is 0.854. The zero-order valence-electron chi connectivity index (χ0n) is 12.9. The summed E-state index contributed by atoms with van der Waals surface area (Å²) in [6.45, 7) is 4.43. The van der Waals surface area contributed by atoms with E-state index in [0.29, 0.717) is 12.1 Å². The van der Waals surface area contributed by atoms with Crippen LogP contribution in [0.4, 0.5) is 0 Å². The van der Waals surface area contributed by atoms with Gasteiger partial charge in [0.2, 0.25) is 0 Å². The second-order valence-corrected chi connectivity index (χ2v) is 5.25. The highest BCUT2D eigenvalue weighted by Gasteiger charge is 2.09. The van der Waals surface area contributed by atoms with Crippen molar-refractivity contribution in [2.45, 2.75) is 32.4 Å². The fourth-order valence-corrected chi connectivity index (χ4v) is 2.44. The van der Waals surface area contributed by atoms with Gasteiger partial charge in [-0.2, -0.15) is 0 Å². The van der Waals surface area contributed by atoms with Gasteiger partial charge in [-0.3, -0.25) is 0 Å². The smallest absolute Gasteiger partial charge is 0.118 e. The number of rotatable bonds is 6. The van der Waals surface area contributed by atoms with Gasteiger partial charge in [-0.1, -0.05) is 42.5 Å². The number of methoxy groups -OCH3 is 1. The molecule has 2 aromatic carbocycles. The maximum absolute atomic E-state index is 5.18. The van der Waals surface area contributed by atoms with Crippen LogP contribution in [0.1, 0.15) is 31.0 Å². The summed E-state index contributed by atoms with van der Waals surface area (Å²) in [7, 11) is 1.70. The number of ether oxygens (including phenoxy) is 1. The molecule has 0 radical (unpaired) electrons. The summed E-state index contributed by atoms with van der Waals surface area (Å²) < 4.78 is 5.18. The molecule has 0 saturated carbocycles. The fourth-order valence-electron chi connectivity index (χ4n) is 2.44. The van der Waals surface area contributed by atoms with Crippen molar-refractivity contribution in [1.82, 2.24) is 5.32 Å². The Bertz CT molecular complexity index is 513. The van der Waals surface area contributed by atoms with Gasteiger partial charge in [0, 0.05) is 12.1 Å². The Morgan fingerprint density at radius 1 is 0.952 bits per heavy atom. The average molecular weight is 306 g/mol. The predicted molar refractivity (Wildman–Crippen MR) is 91.4 cm³/mol. The van der Waals surface area contributed by atoms with Gasteiger partial charge in [0.25, 0.3) is 0 Å². The summed E-state index contributed by atoms with van der Waals surface area (Å²) in [4.78, 5) is 0. The second kappa shape index (κ2) is 8.71. The van der Waals surface area contributed by atoms with E-state index in [9.17, 15) is 0 Å². The van der Waals surface area contributed by atoms with Gasteiger partial charge in [-0.25, -0.2) is 0 Å². The topological polar surface area (TPSA) is 21.3 Å². The number of hydrogen-bond donors (Lipinski definition) is 1. The highest BCUT2D eigenvalue weighted by Crippen LogP contribution is 2.15. The molecular weight excluding hydrogens is 282 g/mol. The van der Waals surface area contributed by atoms with E-state index in [-0.39, 0.29) is 12.4 Å². The van der Waals surface area contributed by atoms with E-state index >= 15 is 0 Å². The first-order valence-corrected chi connectivity index (χ1v) is 7.13. The Balaban J connectivity index is 0.00000220. The van der Waals surface area contributed by atoms with E-state index in [1.807, 2.05) is 12.1 Å². The van der Waals surface area contributed by atoms with Gasteiger partial charge < -0.3 is 10.1 Å². The molecule has 114 valence electrons. The zero-order chi connectivity index (χ0) is 14.4. The fraction of sp³-hybridized carbons (Fsp3) is 0.333. The zero-order valence-corrected chi connectivity index (χ0v) is 13.7. The van der Waals surface area contributed by atoms with Crippen LogP contribution in [0.3, 0.4) is 0 Å². The van der Waals surface area contributed by atoms with Crippen LogP contribution in [0.5, 0.6) is 5.75 Å². The molecule has 2 atom stereocenters. The Kier molecular flexibility index (Phi) is 7.27. The third kappa shape index (κ3) is 5.41. The third-order valence-corrected chi connectivity index (χ3v) is 3.54. The minimum atomic E-state index is 0. The summed E-state index contributed by atoms with van der Waals surface area (Å²) in [6.07, 6.45) is 1.02.